The zero-order valence-corrected chi connectivity index (χ0v) is 16.4. The summed E-state index contributed by atoms with van der Waals surface area (Å²) < 4.78 is 1.90. The van der Waals surface area contributed by atoms with Crippen molar-refractivity contribution in [3.05, 3.63) is 47.0 Å². The number of imidazole rings is 1. The second-order valence-corrected chi connectivity index (χ2v) is 7.76. The van der Waals surface area contributed by atoms with Gasteiger partial charge >= 0.3 is 0 Å². The predicted octanol–water partition coefficient (Wildman–Crippen LogP) is 3.41. The minimum atomic E-state index is -0.380. The molecule has 1 aliphatic heterocycles. The number of carbonyl (C=O) groups excluding carboxylic acids is 2. The van der Waals surface area contributed by atoms with E-state index in [0.29, 0.717) is 30.0 Å². The van der Waals surface area contributed by atoms with Gasteiger partial charge in [0.05, 0.1) is 16.9 Å². The van der Waals surface area contributed by atoms with Crippen LogP contribution in [-0.4, -0.2) is 27.4 Å². The van der Waals surface area contributed by atoms with Crippen LogP contribution in [0.3, 0.4) is 0 Å². The van der Waals surface area contributed by atoms with Crippen LogP contribution >= 0.6 is 0 Å². The lowest BCUT2D eigenvalue weighted by Crippen LogP contribution is -2.37. The molecule has 1 aromatic carbocycles. The Hall–Kier alpha value is -3.14. The SMILES string of the molecule is N#Cc1ccccc1NC(=O)c1nc(C(=O)NC2CCCCC2)n2c1CCCC2. The number of nitriles is 1. The number of rotatable bonds is 4. The van der Waals surface area contributed by atoms with Crippen molar-refractivity contribution in [2.24, 2.45) is 0 Å². The Labute approximate surface area is 170 Å². The van der Waals surface area contributed by atoms with Gasteiger partial charge < -0.3 is 15.2 Å². The van der Waals surface area contributed by atoms with Crippen molar-refractivity contribution in [1.82, 2.24) is 14.9 Å². The van der Waals surface area contributed by atoms with Gasteiger partial charge in [0.1, 0.15) is 6.07 Å². The Morgan fingerprint density at radius 2 is 1.86 bits per heavy atom. The van der Waals surface area contributed by atoms with Gasteiger partial charge in [-0.15, -0.1) is 0 Å². The molecule has 4 rings (SSSR count). The van der Waals surface area contributed by atoms with Crippen molar-refractivity contribution < 1.29 is 9.59 Å². The number of aromatic nitrogens is 2. The summed E-state index contributed by atoms with van der Waals surface area (Å²) in [6, 6.07) is 9.13. The average molecular weight is 391 g/mol. The van der Waals surface area contributed by atoms with Gasteiger partial charge in [-0.05, 0) is 44.2 Å². The van der Waals surface area contributed by atoms with Gasteiger partial charge in [0.2, 0.25) is 0 Å². The molecule has 2 heterocycles. The fourth-order valence-corrected chi connectivity index (χ4v) is 4.27. The van der Waals surface area contributed by atoms with Crippen LogP contribution in [0, 0.1) is 11.3 Å². The minimum absolute atomic E-state index is 0.188. The highest BCUT2D eigenvalue weighted by Crippen LogP contribution is 2.24. The van der Waals surface area contributed by atoms with Crippen molar-refractivity contribution in [3.63, 3.8) is 0 Å². The van der Waals surface area contributed by atoms with Crippen LogP contribution in [0.2, 0.25) is 0 Å². The highest BCUT2D eigenvalue weighted by molar-refractivity contribution is 6.05. The molecule has 0 unspecified atom stereocenters. The summed E-state index contributed by atoms with van der Waals surface area (Å²) in [5.74, 6) is -0.254. The van der Waals surface area contributed by atoms with Crippen molar-refractivity contribution in [2.45, 2.75) is 64.0 Å². The molecule has 2 aromatic rings. The third-order valence-electron chi connectivity index (χ3n) is 5.77. The largest absolute Gasteiger partial charge is 0.347 e. The van der Waals surface area contributed by atoms with Crippen molar-refractivity contribution in [3.8, 4) is 6.07 Å². The standard InChI is InChI=1S/C22H25N5O2/c23-14-15-8-4-5-11-17(15)25-21(28)19-18-12-6-7-13-27(18)20(26-19)22(29)24-16-9-2-1-3-10-16/h4-5,8,11,16H,1-3,6-7,9-10,12-13H2,(H,24,29)(H,25,28). The highest BCUT2D eigenvalue weighted by Gasteiger charge is 2.29. The van der Waals surface area contributed by atoms with E-state index in [1.165, 1.54) is 6.42 Å². The Morgan fingerprint density at radius 3 is 2.66 bits per heavy atom. The van der Waals surface area contributed by atoms with E-state index in [2.05, 4.69) is 21.7 Å². The maximum absolute atomic E-state index is 13.0. The molecule has 7 heteroatoms. The first-order chi connectivity index (χ1) is 14.2. The van der Waals surface area contributed by atoms with Gasteiger partial charge in [-0.25, -0.2) is 4.98 Å². The van der Waals surface area contributed by atoms with Gasteiger partial charge in [0, 0.05) is 12.6 Å². The number of amides is 2. The fourth-order valence-electron chi connectivity index (χ4n) is 4.27. The van der Waals surface area contributed by atoms with E-state index in [9.17, 15) is 14.9 Å². The maximum atomic E-state index is 13.0. The first-order valence-electron chi connectivity index (χ1n) is 10.4. The predicted molar refractivity (Wildman–Crippen MR) is 109 cm³/mol. The molecule has 7 nitrogen and oxygen atoms in total. The summed E-state index contributed by atoms with van der Waals surface area (Å²) in [6.07, 6.45) is 8.13. The van der Waals surface area contributed by atoms with Crippen LogP contribution in [0.25, 0.3) is 0 Å². The second-order valence-electron chi connectivity index (χ2n) is 7.76. The van der Waals surface area contributed by atoms with E-state index in [0.717, 1.165) is 44.2 Å². The molecular weight excluding hydrogens is 366 g/mol. The van der Waals surface area contributed by atoms with Crippen LogP contribution in [0.5, 0.6) is 0 Å². The molecular formula is C22H25N5O2. The highest BCUT2D eigenvalue weighted by atomic mass is 16.2. The molecule has 150 valence electrons. The monoisotopic (exact) mass is 391 g/mol. The Balaban J connectivity index is 1.59. The van der Waals surface area contributed by atoms with Gasteiger partial charge in [0.25, 0.3) is 11.8 Å². The average Bonchev–Trinajstić information content (AvgIpc) is 3.15. The van der Waals surface area contributed by atoms with E-state index in [1.54, 1.807) is 24.3 Å². The lowest BCUT2D eigenvalue weighted by Gasteiger charge is -2.23. The quantitative estimate of drug-likeness (QED) is 0.834. The second kappa shape index (κ2) is 8.48. The topological polar surface area (TPSA) is 99.8 Å². The van der Waals surface area contributed by atoms with E-state index < -0.39 is 0 Å². The molecule has 29 heavy (non-hydrogen) atoms. The van der Waals surface area contributed by atoms with Crippen molar-refractivity contribution >= 4 is 17.5 Å². The number of hydrogen-bond acceptors (Lipinski definition) is 4. The molecule has 0 bridgehead atoms. The van der Waals surface area contributed by atoms with E-state index in [-0.39, 0.29) is 23.6 Å². The molecule has 0 atom stereocenters. The number of anilines is 1. The molecule has 0 spiro atoms. The van der Waals surface area contributed by atoms with E-state index >= 15 is 0 Å². The minimum Gasteiger partial charge on any atom is -0.347 e. The van der Waals surface area contributed by atoms with Gasteiger partial charge in [0.15, 0.2) is 11.5 Å². The lowest BCUT2D eigenvalue weighted by molar-refractivity contribution is 0.0911. The summed E-state index contributed by atoms with van der Waals surface area (Å²) in [7, 11) is 0. The fraction of sp³-hybridized carbons (Fsp3) is 0.455. The molecule has 2 amide bonds. The molecule has 0 saturated heterocycles. The number of carbonyl (C=O) groups is 2. The summed E-state index contributed by atoms with van der Waals surface area (Å²) in [5.41, 5.74) is 1.93. The summed E-state index contributed by atoms with van der Waals surface area (Å²) in [4.78, 5) is 30.3. The Bertz CT molecular complexity index is 966. The third-order valence-corrected chi connectivity index (χ3v) is 5.77. The number of benzene rings is 1. The molecule has 2 aliphatic rings. The molecule has 1 fully saturated rings. The van der Waals surface area contributed by atoms with Crippen molar-refractivity contribution in [2.75, 3.05) is 5.32 Å². The summed E-state index contributed by atoms with van der Waals surface area (Å²) in [5, 5.41) is 15.2. The van der Waals surface area contributed by atoms with Crippen molar-refractivity contribution in [1.29, 1.82) is 5.26 Å². The van der Waals surface area contributed by atoms with E-state index in [4.69, 9.17) is 0 Å². The van der Waals surface area contributed by atoms with Crippen LogP contribution < -0.4 is 10.6 Å². The molecule has 0 radical (unpaired) electrons. The zero-order valence-electron chi connectivity index (χ0n) is 16.4. The summed E-state index contributed by atoms with van der Waals surface area (Å²) in [6.45, 7) is 0.692. The molecule has 1 saturated carbocycles. The number of hydrogen-bond donors (Lipinski definition) is 2. The van der Waals surface area contributed by atoms with Gasteiger partial charge in [-0.1, -0.05) is 31.4 Å². The van der Waals surface area contributed by atoms with Gasteiger partial charge in [-0.2, -0.15) is 5.26 Å². The normalized spacial score (nSPS) is 16.5. The Kier molecular flexibility index (Phi) is 5.61. The number of nitrogens with zero attached hydrogens (tertiary/aromatic N) is 3. The van der Waals surface area contributed by atoms with Crippen LogP contribution in [-0.2, 0) is 13.0 Å². The van der Waals surface area contributed by atoms with Crippen LogP contribution in [0.15, 0.2) is 24.3 Å². The van der Waals surface area contributed by atoms with Crippen LogP contribution in [0.4, 0.5) is 5.69 Å². The first kappa shape index (κ1) is 19.2. The van der Waals surface area contributed by atoms with Crippen LogP contribution in [0.1, 0.15) is 77.3 Å². The molecule has 1 aromatic heterocycles. The number of fused-ring (bicyclic) bond motifs is 1. The Morgan fingerprint density at radius 1 is 1.07 bits per heavy atom. The third kappa shape index (κ3) is 4.02. The number of nitrogens with one attached hydrogen (secondary N) is 2. The van der Waals surface area contributed by atoms with Gasteiger partial charge in [-0.3, -0.25) is 9.59 Å². The first-order valence-corrected chi connectivity index (χ1v) is 10.4. The lowest BCUT2D eigenvalue weighted by atomic mass is 9.95. The molecule has 2 N–H and O–H groups in total. The van der Waals surface area contributed by atoms with E-state index in [1.807, 2.05) is 4.57 Å². The molecule has 1 aliphatic carbocycles. The number of para-hydroxylation sites is 1. The smallest absolute Gasteiger partial charge is 0.287 e. The summed E-state index contributed by atoms with van der Waals surface area (Å²) >= 11 is 0. The zero-order chi connectivity index (χ0) is 20.2. The maximum Gasteiger partial charge on any atom is 0.287 e.